The summed E-state index contributed by atoms with van der Waals surface area (Å²) in [5, 5.41) is 6.73. The molecule has 164 valence electrons. The average Bonchev–Trinajstić information content (AvgIpc) is 3.15. The van der Waals surface area contributed by atoms with Crippen molar-refractivity contribution >= 4 is 5.91 Å². The first-order valence-corrected chi connectivity index (χ1v) is 10.5. The van der Waals surface area contributed by atoms with Crippen LogP contribution in [0.1, 0.15) is 30.6 Å². The van der Waals surface area contributed by atoms with Gasteiger partial charge < -0.3 is 29.7 Å². The van der Waals surface area contributed by atoms with Crippen LogP contribution in [0.2, 0.25) is 0 Å². The van der Waals surface area contributed by atoms with Gasteiger partial charge in [-0.25, -0.2) is 0 Å². The molecule has 2 rings (SSSR count). The van der Waals surface area contributed by atoms with E-state index in [-0.39, 0.29) is 11.9 Å². The largest absolute Gasteiger partial charge is 0.493 e. The summed E-state index contributed by atoms with van der Waals surface area (Å²) in [4.78, 5) is 15.3. The molecule has 1 aliphatic rings. The predicted molar refractivity (Wildman–Crippen MR) is 115 cm³/mol. The molecule has 0 bridgehead atoms. The van der Waals surface area contributed by atoms with Crippen LogP contribution in [0.15, 0.2) is 18.2 Å². The number of hydrogen-bond donors (Lipinski definition) is 2. The standard InChI is InChI=1S/C22H37N3O4/c1-16(2)25(15-19-14-24-13-18(19)12-23-3)22(26)17-7-8-20(28-5)21(11-17)29-10-6-9-27-4/h7-8,11,16,18-19,23-24H,6,9-10,12-15H2,1-5H3/t18-,19-/m0/s1. The minimum absolute atomic E-state index is 0.0273. The molecule has 0 saturated carbocycles. The zero-order valence-electron chi connectivity index (χ0n) is 18.5. The molecule has 1 aromatic carbocycles. The third kappa shape index (κ3) is 6.59. The van der Waals surface area contributed by atoms with Gasteiger partial charge in [0.15, 0.2) is 11.5 Å². The van der Waals surface area contributed by atoms with Gasteiger partial charge >= 0.3 is 0 Å². The number of carbonyl (C=O) groups excluding carboxylic acids is 1. The summed E-state index contributed by atoms with van der Waals surface area (Å²) in [5.41, 5.74) is 0.623. The van der Waals surface area contributed by atoms with Crippen molar-refractivity contribution in [3.63, 3.8) is 0 Å². The Balaban J connectivity index is 2.13. The van der Waals surface area contributed by atoms with Crippen molar-refractivity contribution < 1.29 is 19.0 Å². The Kier molecular flexibility index (Phi) is 9.70. The topological polar surface area (TPSA) is 72.1 Å². The lowest BCUT2D eigenvalue weighted by Gasteiger charge is -2.31. The molecule has 0 spiro atoms. The van der Waals surface area contributed by atoms with Crippen LogP contribution < -0.4 is 20.1 Å². The van der Waals surface area contributed by atoms with Crippen molar-refractivity contribution in [2.45, 2.75) is 26.3 Å². The molecule has 2 N–H and O–H groups in total. The molecule has 1 heterocycles. The minimum atomic E-state index is 0.0273. The highest BCUT2D eigenvalue weighted by Gasteiger charge is 2.31. The second-order valence-corrected chi connectivity index (χ2v) is 7.85. The molecule has 0 aliphatic carbocycles. The minimum Gasteiger partial charge on any atom is -0.493 e. The van der Waals surface area contributed by atoms with Crippen LogP contribution in [-0.2, 0) is 4.74 Å². The molecular weight excluding hydrogens is 370 g/mol. The summed E-state index contributed by atoms with van der Waals surface area (Å²) < 4.78 is 16.3. The van der Waals surface area contributed by atoms with E-state index in [2.05, 4.69) is 24.5 Å². The molecule has 1 saturated heterocycles. The monoisotopic (exact) mass is 407 g/mol. The third-order valence-electron chi connectivity index (χ3n) is 5.42. The van der Waals surface area contributed by atoms with Gasteiger partial charge in [0.05, 0.1) is 13.7 Å². The fourth-order valence-electron chi connectivity index (χ4n) is 3.76. The Labute approximate surface area is 175 Å². The predicted octanol–water partition coefficient (Wildman–Crippen LogP) is 2.02. The van der Waals surface area contributed by atoms with Gasteiger partial charge in [0.2, 0.25) is 0 Å². The van der Waals surface area contributed by atoms with E-state index in [0.29, 0.717) is 42.1 Å². The third-order valence-corrected chi connectivity index (χ3v) is 5.42. The summed E-state index contributed by atoms with van der Waals surface area (Å²) in [6, 6.07) is 5.53. The van der Waals surface area contributed by atoms with E-state index in [9.17, 15) is 4.79 Å². The Morgan fingerprint density at radius 3 is 2.62 bits per heavy atom. The van der Waals surface area contributed by atoms with Gasteiger partial charge in [-0.15, -0.1) is 0 Å². The lowest BCUT2D eigenvalue weighted by atomic mass is 9.94. The maximum absolute atomic E-state index is 13.3. The molecular formula is C22H37N3O4. The summed E-state index contributed by atoms with van der Waals surface area (Å²) in [6.07, 6.45) is 0.775. The Morgan fingerprint density at radius 2 is 1.97 bits per heavy atom. The van der Waals surface area contributed by atoms with Crippen LogP contribution in [0.3, 0.4) is 0 Å². The van der Waals surface area contributed by atoms with Crippen LogP contribution in [0.4, 0.5) is 0 Å². The highest BCUT2D eigenvalue weighted by Crippen LogP contribution is 2.29. The highest BCUT2D eigenvalue weighted by molar-refractivity contribution is 5.95. The number of nitrogens with one attached hydrogen (secondary N) is 2. The van der Waals surface area contributed by atoms with E-state index in [1.54, 1.807) is 26.4 Å². The van der Waals surface area contributed by atoms with Gasteiger partial charge in [-0.1, -0.05) is 0 Å². The van der Waals surface area contributed by atoms with Crippen molar-refractivity contribution in [2.75, 3.05) is 60.7 Å². The number of rotatable bonds is 12. The van der Waals surface area contributed by atoms with E-state index >= 15 is 0 Å². The van der Waals surface area contributed by atoms with Gasteiger partial charge in [0.1, 0.15) is 0 Å². The fourth-order valence-corrected chi connectivity index (χ4v) is 3.76. The number of ether oxygens (including phenoxy) is 3. The van der Waals surface area contributed by atoms with E-state index in [0.717, 1.165) is 32.6 Å². The van der Waals surface area contributed by atoms with Gasteiger partial charge in [-0.2, -0.15) is 0 Å². The van der Waals surface area contributed by atoms with E-state index < -0.39 is 0 Å². The van der Waals surface area contributed by atoms with Crippen LogP contribution >= 0.6 is 0 Å². The molecule has 1 aliphatic heterocycles. The van der Waals surface area contributed by atoms with Gasteiger partial charge in [0.25, 0.3) is 5.91 Å². The maximum atomic E-state index is 13.3. The summed E-state index contributed by atoms with van der Waals surface area (Å²) >= 11 is 0. The van der Waals surface area contributed by atoms with E-state index in [1.165, 1.54) is 0 Å². The summed E-state index contributed by atoms with van der Waals surface area (Å²) in [5.74, 6) is 2.22. The van der Waals surface area contributed by atoms with Crippen LogP contribution in [-0.4, -0.2) is 77.5 Å². The first-order valence-electron chi connectivity index (χ1n) is 10.5. The highest BCUT2D eigenvalue weighted by atomic mass is 16.5. The van der Waals surface area contributed by atoms with Gasteiger partial charge in [0, 0.05) is 44.8 Å². The number of benzene rings is 1. The van der Waals surface area contributed by atoms with Crippen molar-refractivity contribution in [1.82, 2.24) is 15.5 Å². The lowest BCUT2D eigenvalue weighted by molar-refractivity contribution is 0.0661. The van der Waals surface area contributed by atoms with Gasteiger partial charge in [-0.05, 0) is 64.0 Å². The maximum Gasteiger partial charge on any atom is 0.254 e. The molecule has 1 fully saturated rings. The Bertz CT molecular complexity index is 638. The Morgan fingerprint density at radius 1 is 1.21 bits per heavy atom. The van der Waals surface area contributed by atoms with Crippen molar-refractivity contribution in [3.8, 4) is 11.5 Å². The number of hydrogen-bond acceptors (Lipinski definition) is 6. The second-order valence-electron chi connectivity index (χ2n) is 7.85. The smallest absolute Gasteiger partial charge is 0.254 e. The molecule has 0 aromatic heterocycles. The number of methoxy groups -OCH3 is 2. The summed E-state index contributed by atoms with van der Waals surface area (Å²) in [7, 11) is 5.25. The number of nitrogens with zero attached hydrogens (tertiary/aromatic N) is 1. The normalized spacial score (nSPS) is 18.8. The van der Waals surface area contributed by atoms with E-state index in [4.69, 9.17) is 14.2 Å². The Hall–Kier alpha value is -1.83. The second kappa shape index (κ2) is 12.0. The molecule has 1 amide bonds. The average molecular weight is 408 g/mol. The lowest BCUT2D eigenvalue weighted by Crippen LogP contribution is -2.43. The number of carbonyl (C=O) groups is 1. The number of amides is 1. The van der Waals surface area contributed by atoms with Crippen molar-refractivity contribution in [1.29, 1.82) is 0 Å². The van der Waals surface area contributed by atoms with Crippen LogP contribution in [0.25, 0.3) is 0 Å². The first-order chi connectivity index (χ1) is 14.0. The molecule has 7 nitrogen and oxygen atoms in total. The molecule has 1 aromatic rings. The molecule has 0 radical (unpaired) electrons. The zero-order valence-corrected chi connectivity index (χ0v) is 18.5. The first kappa shape index (κ1) is 23.4. The van der Waals surface area contributed by atoms with Crippen LogP contribution in [0, 0.1) is 11.8 Å². The van der Waals surface area contributed by atoms with Crippen molar-refractivity contribution in [2.24, 2.45) is 11.8 Å². The van der Waals surface area contributed by atoms with Gasteiger partial charge in [-0.3, -0.25) is 4.79 Å². The molecule has 7 heteroatoms. The summed E-state index contributed by atoms with van der Waals surface area (Å²) in [6.45, 7) is 8.91. The zero-order chi connectivity index (χ0) is 21.2. The molecule has 0 unspecified atom stereocenters. The van der Waals surface area contributed by atoms with E-state index in [1.807, 2.05) is 18.0 Å². The SMILES string of the molecule is CNC[C@H]1CNC[C@H]1CN(C(=O)c1ccc(OC)c(OCCCOC)c1)C(C)C. The molecule has 29 heavy (non-hydrogen) atoms. The van der Waals surface area contributed by atoms with Crippen molar-refractivity contribution in [3.05, 3.63) is 23.8 Å². The molecule has 2 atom stereocenters. The fraction of sp³-hybridized carbons (Fsp3) is 0.682. The quantitative estimate of drug-likeness (QED) is 0.517. The van der Waals surface area contributed by atoms with Crippen LogP contribution in [0.5, 0.6) is 11.5 Å².